The molecule has 3 N–H and O–H groups in total. The minimum absolute atomic E-state index is 0.154. The number of hydrogen-bond donors (Lipinski definition) is 2. The number of rotatable bonds is 8. The third kappa shape index (κ3) is 4.82. The van der Waals surface area contributed by atoms with Gasteiger partial charge in [0, 0.05) is 30.6 Å². The van der Waals surface area contributed by atoms with Crippen molar-refractivity contribution in [3.63, 3.8) is 0 Å². The zero-order valence-corrected chi connectivity index (χ0v) is 15.4. The molecule has 2 amide bonds. The number of primary amides is 1. The van der Waals surface area contributed by atoms with Crippen LogP contribution in [0.1, 0.15) is 37.9 Å². The largest absolute Gasteiger partial charge is 0.370 e. The van der Waals surface area contributed by atoms with Crippen molar-refractivity contribution in [3.8, 4) is 0 Å². The molecule has 1 heterocycles. The summed E-state index contributed by atoms with van der Waals surface area (Å²) in [6.07, 6.45) is 2.19. The number of carbonyl (C=O) groups excluding carboxylic acids is 2. The summed E-state index contributed by atoms with van der Waals surface area (Å²) in [6, 6.07) is 3.16. The molecule has 0 spiro atoms. The number of nitrogens with two attached hydrogens (primary N) is 1. The molecule has 1 saturated carbocycles. The molecule has 0 saturated heterocycles. The highest BCUT2D eigenvalue weighted by Gasteiger charge is 2.31. The van der Waals surface area contributed by atoms with E-state index in [-0.39, 0.29) is 18.0 Å². The average Bonchev–Trinajstić information content (AvgIpc) is 3.38. The molecule has 10 heteroatoms. The van der Waals surface area contributed by atoms with Gasteiger partial charge < -0.3 is 15.6 Å². The molecule has 1 atom stereocenters. The first-order valence-electron chi connectivity index (χ1n) is 8.49. The highest BCUT2D eigenvalue weighted by Crippen LogP contribution is 2.40. The number of anilines is 1. The zero-order valence-electron chi connectivity index (χ0n) is 14.6. The third-order valence-corrected chi connectivity index (χ3v) is 5.19. The molecule has 7 nitrogen and oxygen atoms in total. The molecule has 144 valence electrons. The number of halogens is 2. The minimum atomic E-state index is -1.03. The van der Waals surface area contributed by atoms with Gasteiger partial charge in [0.25, 0.3) is 0 Å². The Labute approximate surface area is 158 Å². The van der Waals surface area contributed by atoms with Gasteiger partial charge in [-0.1, -0.05) is 11.8 Å². The molecule has 27 heavy (non-hydrogen) atoms. The molecule has 1 fully saturated rings. The Balaban J connectivity index is 1.69. The number of aromatic nitrogens is 3. The van der Waals surface area contributed by atoms with Crippen LogP contribution in [0, 0.1) is 11.6 Å². The van der Waals surface area contributed by atoms with Gasteiger partial charge in [0.15, 0.2) is 16.8 Å². The fourth-order valence-electron chi connectivity index (χ4n) is 2.49. The van der Waals surface area contributed by atoms with E-state index in [9.17, 15) is 18.4 Å². The molecule has 1 aromatic heterocycles. The average molecular weight is 395 g/mol. The van der Waals surface area contributed by atoms with Crippen molar-refractivity contribution in [3.05, 3.63) is 35.7 Å². The summed E-state index contributed by atoms with van der Waals surface area (Å²) in [5.74, 6) is -1.70. The summed E-state index contributed by atoms with van der Waals surface area (Å²) in [5.41, 5.74) is 5.40. The molecule has 3 rings (SSSR count). The number of nitrogens with zero attached hydrogens (tertiary/aromatic N) is 3. The fraction of sp³-hybridized carbons (Fsp3) is 0.412. The summed E-state index contributed by atoms with van der Waals surface area (Å²) in [7, 11) is 0. The van der Waals surface area contributed by atoms with E-state index < -0.39 is 22.8 Å². The van der Waals surface area contributed by atoms with Crippen molar-refractivity contribution < 1.29 is 18.4 Å². The number of nitrogens with one attached hydrogen (secondary N) is 1. The van der Waals surface area contributed by atoms with E-state index >= 15 is 0 Å². The summed E-state index contributed by atoms with van der Waals surface area (Å²) in [6.45, 7) is 2.03. The van der Waals surface area contributed by atoms with Gasteiger partial charge in [-0.25, -0.2) is 8.78 Å². The standard InChI is InChI=1S/C17H19F2N5O2S/c1-9(16(26)21-11-4-5-12(18)13(19)8-11)27-17-23-22-15(10-2-3-10)24(17)7-6-14(20)25/h4-5,8-10H,2-3,6-7H2,1H3,(H2,20,25)(H,21,26)/t9-/m0/s1. The van der Waals surface area contributed by atoms with Crippen molar-refractivity contribution in [2.45, 2.75) is 49.1 Å². The molecular formula is C17H19F2N5O2S. The predicted molar refractivity (Wildman–Crippen MR) is 96.1 cm³/mol. The van der Waals surface area contributed by atoms with Gasteiger partial charge in [-0.15, -0.1) is 10.2 Å². The molecule has 0 radical (unpaired) electrons. The van der Waals surface area contributed by atoms with Gasteiger partial charge in [-0.2, -0.15) is 0 Å². The van der Waals surface area contributed by atoms with Crippen molar-refractivity contribution in [2.24, 2.45) is 5.73 Å². The molecule has 2 aromatic rings. The summed E-state index contributed by atoms with van der Waals surface area (Å²) in [4.78, 5) is 23.5. The smallest absolute Gasteiger partial charge is 0.237 e. The normalized spacial score (nSPS) is 14.8. The minimum Gasteiger partial charge on any atom is -0.370 e. The van der Waals surface area contributed by atoms with E-state index in [1.807, 2.05) is 4.57 Å². The number of thioether (sulfide) groups is 1. The predicted octanol–water partition coefficient (Wildman–Crippen LogP) is 2.43. The van der Waals surface area contributed by atoms with Crippen LogP contribution in [0.15, 0.2) is 23.4 Å². The summed E-state index contributed by atoms with van der Waals surface area (Å²) in [5, 5.41) is 10.8. The lowest BCUT2D eigenvalue weighted by molar-refractivity contribution is -0.118. The molecule has 1 aliphatic carbocycles. The highest BCUT2D eigenvalue weighted by molar-refractivity contribution is 8.00. The van der Waals surface area contributed by atoms with Gasteiger partial charge >= 0.3 is 0 Å². The topological polar surface area (TPSA) is 103 Å². The zero-order chi connectivity index (χ0) is 19.6. The van der Waals surface area contributed by atoms with Crippen LogP contribution in [0.25, 0.3) is 0 Å². The second kappa shape index (κ2) is 8.03. The Bertz CT molecular complexity index is 869. The second-order valence-corrected chi connectivity index (χ2v) is 7.67. The third-order valence-electron chi connectivity index (χ3n) is 4.11. The molecule has 1 aromatic carbocycles. The van der Waals surface area contributed by atoms with Gasteiger partial charge in [-0.05, 0) is 31.9 Å². The Kier molecular flexibility index (Phi) is 5.73. The van der Waals surface area contributed by atoms with Gasteiger partial charge in [0.2, 0.25) is 11.8 Å². The Morgan fingerprint density at radius 2 is 2.07 bits per heavy atom. The Morgan fingerprint density at radius 3 is 2.70 bits per heavy atom. The van der Waals surface area contributed by atoms with Crippen molar-refractivity contribution in [1.82, 2.24) is 14.8 Å². The first-order valence-corrected chi connectivity index (χ1v) is 9.37. The maximum absolute atomic E-state index is 13.3. The SMILES string of the molecule is C[C@H](Sc1nnc(C2CC2)n1CCC(N)=O)C(=O)Nc1ccc(F)c(F)c1. The van der Waals surface area contributed by atoms with Crippen LogP contribution in [0.5, 0.6) is 0 Å². The van der Waals surface area contributed by atoms with E-state index in [2.05, 4.69) is 15.5 Å². The van der Waals surface area contributed by atoms with E-state index in [4.69, 9.17) is 5.73 Å². The van der Waals surface area contributed by atoms with Crippen LogP contribution in [0.3, 0.4) is 0 Å². The molecular weight excluding hydrogens is 376 g/mol. The first kappa shape index (κ1) is 19.3. The van der Waals surface area contributed by atoms with Crippen molar-refractivity contribution >= 4 is 29.3 Å². The monoisotopic (exact) mass is 395 g/mol. The van der Waals surface area contributed by atoms with Crippen LogP contribution in [-0.2, 0) is 16.1 Å². The Hall–Kier alpha value is -2.49. The Morgan fingerprint density at radius 1 is 1.33 bits per heavy atom. The fourth-order valence-corrected chi connectivity index (χ4v) is 3.37. The van der Waals surface area contributed by atoms with Crippen molar-refractivity contribution in [2.75, 3.05) is 5.32 Å². The maximum atomic E-state index is 13.3. The van der Waals surface area contributed by atoms with E-state index in [1.54, 1.807) is 6.92 Å². The number of amides is 2. The lowest BCUT2D eigenvalue weighted by atomic mass is 10.3. The lowest BCUT2D eigenvalue weighted by Gasteiger charge is -2.13. The van der Waals surface area contributed by atoms with Crippen LogP contribution in [-0.4, -0.2) is 31.8 Å². The number of benzene rings is 1. The first-order chi connectivity index (χ1) is 12.8. The van der Waals surface area contributed by atoms with E-state index in [0.29, 0.717) is 17.6 Å². The van der Waals surface area contributed by atoms with Gasteiger partial charge in [0.1, 0.15) is 5.82 Å². The molecule has 0 aliphatic heterocycles. The van der Waals surface area contributed by atoms with Crippen LogP contribution < -0.4 is 11.1 Å². The quantitative estimate of drug-likeness (QED) is 0.668. The lowest BCUT2D eigenvalue weighted by Crippen LogP contribution is -2.23. The van der Waals surface area contributed by atoms with Crippen LogP contribution >= 0.6 is 11.8 Å². The van der Waals surface area contributed by atoms with Crippen LogP contribution in [0.4, 0.5) is 14.5 Å². The number of hydrogen-bond acceptors (Lipinski definition) is 5. The second-order valence-electron chi connectivity index (χ2n) is 6.36. The van der Waals surface area contributed by atoms with E-state index in [0.717, 1.165) is 30.8 Å². The van der Waals surface area contributed by atoms with E-state index in [1.165, 1.54) is 17.8 Å². The molecule has 0 bridgehead atoms. The molecule has 1 aliphatic rings. The summed E-state index contributed by atoms with van der Waals surface area (Å²) >= 11 is 1.18. The summed E-state index contributed by atoms with van der Waals surface area (Å²) < 4.78 is 28.1. The van der Waals surface area contributed by atoms with Crippen molar-refractivity contribution in [1.29, 1.82) is 0 Å². The highest BCUT2D eigenvalue weighted by atomic mass is 32.2. The maximum Gasteiger partial charge on any atom is 0.237 e. The molecule has 0 unspecified atom stereocenters. The number of carbonyl (C=O) groups is 2. The van der Waals surface area contributed by atoms with Gasteiger partial charge in [0.05, 0.1) is 5.25 Å². The van der Waals surface area contributed by atoms with Gasteiger partial charge in [-0.3, -0.25) is 9.59 Å². The van der Waals surface area contributed by atoms with Crippen LogP contribution in [0.2, 0.25) is 0 Å².